The Labute approximate surface area is 234 Å². The van der Waals surface area contributed by atoms with Gasteiger partial charge in [-0.05, 0) is 97.7 Å². The van der Waals surface area contributed by atoms with E-state index in [1.807, 2.05) is 0 Å². The molecule has 0 aromatic rings. The van der Waals surface area contributed by atoms with Crippen molar-refractivity contribution in [3.05, 3.63) is 0 Å². The van der Waals surface area contributed by atoms with Crippen molar-refractivity contribution >= 4 is 31.2 Å². The van der Waals surface area contributed by atoms with Crippen molar-refractivity contribution in [1.82, 2.24) is 0 Å². The van der Waals surface area contributed by atoms with Gasteiger partial charge in [-0.3, -0.25) is 27.3 Å². The van der Waals surface area contributed by atoms with E-state index in [4.69, 9.17) is 52.6 Å². The lowest BCUT2D eigenvalue weighted by Gasteiger charge is -2.61. The van der Waals surface area contributed by atoms with Crippen LogP contribution < -0.4 is 0 Å². The summed E-state index contributed by atoms with van der Waals surface area (Å²) < 4.78 is 94.8. The second-order valence-corrected chi connectivity index (χ2v) is 14.9. The third-order valence-corrected chi connectivity index (χ3v) is 10.1. The minimum Gasteiger partial charge on any atom is -0.264 e. The van der Waals surface area contributed by atoms with Crippen LogP contribution in [0.5, 0.6) is 0 Å². The van der Waals surface area contributed by atoms with Crippen LogP contribution in [0.1, 0.15) is 105 Å². The maximum Gasteiger partial charge on any atom is 0.394 e. The van der Waals surface area contributed by atoms with Gasteiger partial charge in [-0.15, -0.1) is 0 Å². The highest BCUT2D eigenvalue weighted by atomic mass is 32.3. The fourth-order valence-corrected chi connectivity index (χ4v) is 8.93. The molecule has 1 unspecified atom stereocenters. The first-order chi connectivity index (χ1) is 17.5. The fraction of sp³-hybridized carbons (Fsp3) is 1.00. The molecule has 39 heavy (non-hydrogen) atoms. The molecule has 0 saturated heterocycles. The van der Waals surface area contributed by atoms with Gasteiger partial charge >= 0.3 is 31.2 Å². The van der Waals surface area contributed by atoms with E-state index in [9.17, 15) is 0 Å². The van der Waals surface area contributed by atoms with E-state index in [0.717, 1.165) is 40.9 Å². The average Bonchev–Trinajstić information content (AvgIpc) is 3.07. The second kappa shape index (κ2) is 14.2. The highest BCUT2D eigenvalue weighted by molar-refractivity contribution is 7.80. The van der Waals surface area contributed by atoms with Crippen molar-refractivity contribution in [3.8, 4) is 0 Å². The molecule has 4 rings (SSSR count). The van der Waals surface area contributed by atoms with Crippen molar-refractivity contribution in [2.45, 2.75) is 105 Å². The van der Waals surface area contributed by atoms with Gasteiger partial charge in [0.2, 0.25) is 0 Å². The zero-order chi connectivity index (χ0) is 30.4. The molecule has 0 spiro atoms. The second-order valence-electron chi connectivity index (χ2n) is 12.2. The number of hydrogen-bond donors (Lipinski definition) is 6. The van der Waals surface area contributed by atoms with Crippen LogP contribution in [0, 0.1) is 46.3 Å². The molecule has 0 radical (unpaired) electrons. The normalized spacial score (nSPS) is 36.6. The predicted octanol–water partition coefficient (Wildman–Crippen LogP) is 5.51. The standard InChI is InChI=1S/C24H42.3H2O4S/c1-5-8-17(2)20-12-13-21-19-11-10-18-9-6-7-15-23(18,3)22(19)14-16-24(20,21)4;3*1-5(2,3)4/h17-22H,5-16H2,1-4H3;3*(H2,1,2,3,4)/t17-,18?,19+,20-,21+,22+,23+,24-;;;/m1.../s1. The largest absolute Gasteiger partial charge is 0.394 e. The Bertz CT molecular complexity index is 996. The lowest BCUT2D eigenvalue weighted by atomic mass is 9.44. The van der Waals surface area contributed by atoms with E-state index in [-0.39, 0.29) is 0 Å². The van der Waals surface area contributed by atoms with Crippen LogP contribution in [0.3, 0.4) is 0 Å². The summed E-state index contributed by atoms with van der Waals surface area (Å²) in [5, 5.41) is 0. The van der Waals surface area contributed by atoms with E-state index in [2.05, 4.69) is 27.7 Å². The Balaban J connectivity index is 0.000000420. The van der Waals surface area contributed by atoms with Gasteiger partial charge in [-0.2, -0.15) is 25.3 Å². The van der Waals surface area contributed by atoms with Gasteiger partial charge in [0, 0.05) is 0 Å². The van der Waals surface area contributed by atoms with Gasteiger partial charge < -0.3 is 0 Å². The average molecular weight is 625 g/mol. The van der Waals surface area contributed by atoms with E-state index in [1.165, 1.54) is 25.7 Å². The molecular formula is C24H48O12S3. The van der Waals surface area contributed by atoms with Crippen LogP contribution in [0.15, 0.2) is 0 Å². The van der Waals surface area contributed by atoms with Crippen molar-refractivity contribution in [1.29, 1.82) is 0 Å². The topological polar surface area (TPSA) is 224 Å². The van der Waals surface area contributed by atoms with Gasteiger partial charge in [0.15, 0.2) is 0 Å². The maximum atomic E-state index is 8.74. The van der Waals surface area contributed by atoms with E-state index in [1.54, 1.807) is 51.4 Å². The van der Waals surface area contributed by atoms with Crippen LogP contribution in [0.4, 0.5) is 0 Å². The molecule has 0 aromatic heterocycles. The first-order valence-corrected chi connectivity index (χ1v) is 17.8. The van der Waals surface area contributed by atoms with Gasteiger partial charge in [-0.1, -0.05) is 53.4 Å². The Kier molecular flexibility index (Phi) is 13.3. The van der Waals surface area contributed by atoms with Crippen molar-refractivity contribution in [3.63, 3.8) is 0 Å². The molecule has 4 fully saturated rings. The molecule has 0 amide bonds. The molecular weight excluding hydrogens is 576 g/mol. The summed E-state index contributed by atoms with van der Waals surface area (Å²) in [6.07, 6.45) is 18.4. The highest BCUT2D eigenvalue weighted by Crippen LogP contribution is 2.68. The Morgan fingerprint density at radius 3 is 1.64 bits per heavy atom. The zero-order valence-electron chi connectivity index (χ0n) is 23.3. The molecule has 0 aromatic carbocycles. The minimum absolute atomic E-state index is 0.688. The van der Waals surface area contributed by atoms with Gasteiger partial charge in [0.05, 0.1) is 0 Å². The quantitative estimate of drug-likeness (QED) is 0.214. The smallest absolute Gasteiger partial charge is 0.264 e. The number of fused-ring (bicyclic) bond motifs is 5. The Morgan fingerprint density at radius 2 is 1.15 bits per heavy atom. The van der Waals surface area contributed by atoms with Gasteiger partial charge in [0.25, 0.3) is 0 Å². The summed E-state index contributed by atoms with van der Waals surface area (Å²) in [5.41, 5.74) is 1.41. The fourth-order valence-electron chi connectivity index (χ4n) is 8.93. The van der Waals surface area contributed by atoms with E-state index < -0.39 is 31.2 Å². The molecule has 234 valence electrons. The molecule has 4 saturated carbocycles. The first kappa shape index (κ1) is 36.6. The van der Waals surface area contributed by atoms with Crippen LogP contribution in [0.2, 0.25) is 0 Å². The zero-order valence-corrected chi connectivity index (χ0v) is 25.8. The molecule has 0 bridgehead atoms. The summed E-state index contributed by atoms with van der Waals surface area (Å²) in [7, 11) is -14.0. The van der Waals surface area contributed by atoms with Gasteiger partial charge in [-0.25, -0.2) is 0 Å². The molecule has 8 atom stereocenters. The van der Waals surface area contributed by atoms with Crippen molar-refractivity contribution < 1.29 is 52.6 Å². The third-order valence-electron chi connectivity index (χ3n) is 10.1. The summed E-state index contributed by atoms with van der Waals surface area (Å²) in [6, 6.07) is 0. The number of rotatable bonds is 3. The SMILES string of the molecule is CCC[C@@H](C)[C@H]1CC[C@H]2[C@@H]3CCC4CCCC[C@]4(C)[C@H]3CC[C@]12C.O=S(=O)(O)O.O=S(=O)(O)O.O=S(=O)(O)O. The first-order valence-electron chi connectivity index (χ1n) is 13.6. The maximum absolute atomic E-state index is 8.74. The minimum atomic E-state index is -4.67. The summed E-state index contributed by atoms with van der Waals surface area (Å²) in [4.78, 5) is 0. The Morgan fingerprint density at radius 1 is 0.667 bits per heavy atom. The molecule has 4 aliphatic rings. The monoisotopic (exact) mass is 624 g/mol. The lowest BCUT2D eigenvalue weighted by Crippen LogP contribution is -2.53. The predicted molar refractivity (Wildman–Crippen MR) is 146 cm³/mol. The molecule has 12 nitrogen and oxygen atoms in total. The molecule has 4 aliphatic carbocycles. The molecule has 15 heteroatoms. The third kappa shape index (κ3) is 12.2. The summed E-state index contributed by atoms with van der Waals surface area (Å²) >= 11 is 0. The molecule has 0 aliphatic heterocycles. The van der Waals surface area contributed by atoms with E-state index >= 15 is 0 Å². The van der Waals surface area contributed by atoms with Crippen LogP contribution >= 0.6 is 0 Å². The van der Waals surface area contributed by atoms with Crippen LogP contribution in [-0.4, -0.2) is 52.6 Å². The molecule has 0 heterocycles. The van der Waals surface area contributed by atoms with E-state index in [0.29, 0.717) is 5.41 Å². The summed E-state index contributed by atoms with van der Waals surface area (Å²) in [5.74, 6) is 6.30. The van der Waals surface area contributed by atoms with Gasteiger partial charge in [0.1, 0.15) is 0 Å². The van der Waals surface area contributed by atoms with Crippen molar-refractivity contribution in [2.75, 3.05) is 0 Å². The summed E-state index contributed by atoms with van der Waals surface area (Å²) in [6.45, 7) is 10.4. The van der Waals surface area contributed by atoms with Crippen LogP contribution in [0.25, 0.3) is 0 Å². The highest BCUT2D eigenvalue weighted by Gasteiger charge is 2.59. The lowest BCUT2D eigenvalue weighted by molar-refractivity contribution is -0.114. The molecule has 6 N–H and O–H groups in total. The van der Waals surface area contributed by atoms with Crippen molar-refractivity contribution in [2.24, 2.45) is 46.3 Å². The Hall–Kier alpha value is -0.390. The number of hydrogen-bond acceptors (Lipinski definition) is 6. The van der Waals surface area contributed by atoms with Crippen LogP contribution in [-0.2, 0) is 31.2 Å².